The summed E-state index contributed by atoms with van der Waals surface area (Å²) in [6, 6.07) is 5.51. The largest absolute Gasteiger partial charge is 0.452 e. The Balaban J connectivity index is 1.53. The molecule has 28 heavy (non-hydrogen) atoms. The number of carbonyl (C=O) groups excluding carboxylic acids is 2. The molecule has 154 valence electrons. The number of rotatable bonds is 6. The number of morpholine rings is 1. The average Bonchev–Trinajstić information content (AvgIpc) is 2.74. The van der Waals surface area contributed by atoms with Crippen molar-refractivity contribution in [2.45, 2.75) is 51.5 Å². The summed E-state index contributed by atoms with van der Waals surface area (Å²) in [5.74, 6) is -0.686. The third-order valence-corrected chi connectivity index (χ3v) is 6.24. The van der Waals surface area contributed by atoms with Crippen LogP contribution in [0, 0.1) is 13.8 Å². The van der Waals surface area contributed by atoms with Crippen LogP contribution >= 0.6 is 0 Å². The number of aryl methyl sites for hydroxylation is 1. The fourth-order valence-electron chi connectivity index (χ4n) is 4.35. The topological polar surface area (TPSA) is 67.9 Å². The van der Waals surface area contributed by atoms with Crippen LogP contribution in [0.4, 0.5) is 0 Å². The minimum atomic E-state index is -0.447. The van der Waals surface area contributed by atoms with Gasteiger partial charge in [-0.3, -0.25) is 9.69 Å². The van der Waals surface area contributed by atoms with Crippen molar-refractivity contribution in [1.82, 2.24) is 10.2 Å². The van der Waals surface area contributed by atoms with E-state index >= 15 is 0 Å². The van der Waals surface area contributed by atoms with Gasteiger partial charge in [0.05, 0.1) is 18.8 Å². The Morgan fingerprint density at radius 1 is 1.14 bits per heavy atom. The van der Waals surface area contributed by atoms with Crippen LogP contribution in [0.2, 0.25) is 0 Å². The van der Waals surface area contributed by atoms with Crippen molar-refractivity contribution < 1.29 is 19.1 Å². The molecule has 1 aromatic carbocycles. The smallest absolute Gasteiger partial charge is 0.338 e. The number of nitrogens with one attached hydrogen (secondary N) is 1. The standard InChI is InChI=1S/C22H32N2O4/c1-17-7-6-8-19(18(17)2)21(26)28-15-20(25)23-16-22(9-4-3-5-10-22)24-11-13-27-14-12-24/h6-8H,3-5,9-16H2,1-2H3,(H,23,25). The van der Waals surface area contributed by atoms with E-state index in [1.807, 2.05) is 26.0 Å². The molecule has 0 unspecified atom stereocenters. The van der Waals surface area contributed by atoms with Gasteiger partial charge in [0.25, 0.3) is 5.91 Å². The van der Waals surface area contributed by atoms with Gasteiger partial charge in [0.1, 0.15) is 0 Å². The Bertz CT molecular complexity index is 692. The molecule has 0 bridgehead atoms. The third-order valence-electron chi connectivity index (χ3n) is 6.24. The lowest BCUT2D eigenvalue weighted by Crippen LogP contribution is -2.59. The molecule has 1 heterocycles. The van der Waals surface area contributed by atoms with E-state index in [1.165, 1.54) is 19.3 Å². The Kier molecular flexibility index (Phi) is 7.08. The number of nitrogens with zero attached hydrogens (tertiary/aromatic N) is 1. The van der Waals surface area contributed by atoms with Gasteiger partial charge in [0.2, 0.25) is 0 Å². The maximum atomic E-state index is 12.4. The lowest BCUT2D eigenvalue weighted by molar-refractivity contribution is -0.125. The highest BCUT2D eigenvalue weighted by Gasteiger charge is 2.38. The first-order valence-electron chi connectivity index (χ1n) is 10.3. The molecule has 6 nitrogen and oxygen atoms in total. The van der Waals surface area contributed by atoms with Gasteiger partial charge in [-0.25, -0.2) is 4.79 Å². The lowest BCUT2D eigenvalue weighted by atomic mass is 9.79. The maximum absolute atomic E-state index is 12.4. The third kappa shape index (κ3) is 4.92. The first-order valence-corrected chi connectivity index (χ1v) is 10.3. The highest BCUT2D eigenvalue weighted by atomic mass is 16.5. The van der Waals surface area contributed by atoms with Gasteiger partial charge in [-0.05, 0) is 43.9 Å². The van der Waals surface area contributed by atoms with E-state index in [1.54, 1.807) is 6.07 Å². The molecule has 6 heteroatoms. The molecule has 3 rings (SSSR count). The monoisotopic (exact) mass is 388 g/mol. The van der Waals surface area contributed by atoms with Crippen molar-refractivity contribution >= 4 is 11.9 Å². The number of hydrogen-bond donors (Lipinski definition) is 1. The van der Waals surface area contributed by atoms with Crippen LogP contribution in [-0.2, 0) is 14.3 Å². The number of esters is 1. The van der Waals surface area contributed by atoms with Crippen molar-refractivity contribution in [2.75, 3.05) is 39.5 Å². The Morgan fingerprint density at radius 3 is 2.57 bits per heavy atom. The highest BCUT2D eigenvalue weighted by molar-refractivity contribution is 5.93. The molecule has 1 aromatic rings. The van der Waals surface area contributed by atoms with Gasteiger partial charge in [0.15, 0.2) is 6.61 Å². The van der Waals surface area contributed by atoms with Crippen LogP contribution in [0.15, 0.2) is 18.2 Å². The summed E-state index contributed by atoms with van der Waals surface area (Å²) < 4.78 is 10.8. The van der Waals surface area contributed by atoms with E-state index in [0.29, 0.717) is 12.1 Å². The predicted molar refractivity (Wildman–Crippen MR) is 107 cm³/mol. The number of benzene rings is 1. The Morgan fingerprint density at radius 2 is 1.86 bits per heavy atom. The summed E-state index contributed by atoms with van der Waals surface area (Å²) in [4.78, 5) is 27.2. The SMILES string of the molecule is Cc1cccc(C(=O)OCC(=O)NCC2(N3CCOCC3)CCCCC2)c1C. The number of carbonyl (C=O) groups is 2. The zero-order valence-electron chi connectivity index (χ0n) is 17.1. The van der Waals surface area contributed by atoms with Gasteiger partial charge in [-0.1, -0.05) is 31.4 Å². The van der Waals surface area contributed by atoms with E-state index in [0.717, 1.165) is 50.3 Å². The summed E-state index contributed by atoms with van der Waals surface area (Å²) >= 11 is 0. The molecule has 1 amide bonds. The fraction of sp³-hybridized carbons (Fsp3) is 0.636. The molecule has 2 aliphatic rings. The quantitative estimate of drug-likeness (QED) is 0.759. The summed E-state index contributed by atoms with van der Waals surface area (Å²) in [5.41, 5.74) is 2.45. The summed E-state index contributed by atoms with van der Waals surface area (Å²) in [7, 11) is 0. The predicted octanol–water partition coefficient (Wildman–Crippen LogP) is 2.61. The second kappa shape index (κ2) is 9.52. The first kappa shape index (κ1) is 20.8. The first-order chi connectivity index (χ1) is 13.5. The van der Waals surface area contributed by atoms with E-state index in [2.05, 4.69) is 10.2 Å². The van der Waals surface area contributed by atoms with E-state index < -0.39 is 5.97 Å². The number of amides is 1. The minimum Gasteiger partial charge on any atom is -0.452 e. The van der Waals surface area contributed by atoms with Crippen molar-refractivity contribution in [1.29, 1.82) is 0 Å². The average molecular weight is 389 g/mol. The van der Waals surface area contributed by atoms with Gasteiger partial charge in [-0.2, -0.15) is 0 Å². The molecule has 1 saturated heterocycles. The number of hydrogen-bond acceptors (Lipinski definition) is 5. The minimum absolute atomic E-state index is 0.00876. The van der Waals surface area contributed by atoms with Gasteiger partial charge >= 0.3 is 5.97 Å². The molecule has 1 aliphatic heterocycles. The molecule has 2 fully saturated rings. The zero-order valence-corrected chi connectivity index (χ0v) is 17.1. The van der Waals surface area contributed by atoms with Crippen molar-refractivity contribution in [3.63, 3.8) is 0 Å². The lowest BCUT2D eigenvalue weighted by Gasteiger charge is -2.48. The molecule has 0 atom stereocenters. The molecule has 0 aromatic heterocycles. The van der Waals surface area contributed by atoms with Crippen LogP contribution < -0.4 is 5.32 Å². The molecule has 0 spiro atoms. The summed E-state index contributed by atoms with van der Waals surface area (Å²) in [6.07, 6.45) is 5.82. The Hall–Kier alpha value is -1.92. The van der Waals surface area contributed by atoms with Crippen molar-refractivity contribution in [3.05, 3.63) is 34.9 Å². The van der Waals surface area contributed by atoms with E-state index in [-0.39, 0.29) is 18.1 Å². The van der Waals surface area contributed by atoms with Crippen LogP contribution in [0.3, 0.4) is 0 Å². The van der Waals surface area contributed by atoms with Crippen LogP contribution in [-0.4, -0.2) is 61.8 Å². The van der Waals surface area contributed by atoms with Gasteiger partial charge in [0, 0.05) is 25.2 Å². The Labute approximate surface area is 167 Å². The highest BCUT2D eigenvalue weighted by Crippen LogP contribution is 2.33. The van der Waals surface area contributed by atoms with Gasteiger partial charge < -0.3 is 14.8 Å². The molecule has 1 saturated carbocycles. The van der Waals surface area contributed by atoms with Crippen LogP contribution in [0.5, 0.6) is 0 Å². The van der Waals surface area contributed by atoms with E-state index in [9.17, 15) is 9.59 Å². The van der Waals surface area contributed by atoms with Gasteiger partial charge in [-0.15, -0.1) is 0 Å². The van der Waals surface area contributed by atoms with E-state index in [4.69, 9.17) is 9.47 Å². The maximum Gasteiger partial charge on any atom is 0.338 e. The molecule has 0 radical (unpaired) electrons. The van der Waals surface area contributed by atoms with Crippen LogP contribution in [0.1, 0.15) is 53.6 Å². The molecule has 1 aliphatic carbocycles. The molecular weight excluding hydrogens is 356 g/mol. The fourth-order valence-corrected chi connectivity index (χ4v) is 4.35. The zero-order chi connectivity index (χ0) is 20.0. The van der Waals surface area contributed by atoms with Crippen LogP contribution in [0.25, 0.3) is 0 Å². The number of ether oxygens (including phenoxy) is 2. The van der Waals surface area contributed by atoms with Crippen molar-refractivity contribution in [2.24, 2.45) is 0 Å². The summed E-state index contributed by atoms with van der Waals surface area (Å²) in [5, 5.41) is 3.02. The summed E-state index contributed by atoms with van der Waals surface area (Å²) in [6.45, 7) is 7.54. The second-order valence-electron chi connectivity index (χ2n) is 7.98. The molecule has 1 N–H and O–H groups in total. The normalized spacial score (nSPS) is 19.8. The molecular formula is C22H32N2O4. The second-order valence-corrected chi connectivity index (χ2v) is 7.98. The van der Waals surface area contributed by atoms with Crippen molar-refractivity contribution in [3.8, 4) is 0 Å².